The molecule has 134 valence electrons. The van der Waals surface area contributed by atoms with Crippen molar-refractivity contribution in [1.29, 1.82) is 0 Å². The molecule has 0 saturated carbocycles. The summed E-state index contributed by atoms with van der Waals surface area (Å²) in [4.78, 5) is 13.2. The summed E-state index contributed by atoms with van der Waals surface area (Å²) < 4.78 is 28.1. The summed E-state index contributed by atoms with van der Waals surface area (Å²) in [7, 11) is -3.77. The molecule has 0 saturated heterocycles. The first-order chi connectivity index (χ1) is 11.7. The van der Waals surface area contributed by atoms with E-state index in [2.05, 4.69) is 11.6 Å². The van der Waals surface area contributed by atoms with Gasteiger partial charge >= 0.3 is 0 Å². The van der Waals surface area contributed by atoms with Gasteiger partial charge in [-0.1, -0.05) is 13.0 Å². The number of sulfonamides is 1. The predicted molar refractivity (Wildman–Crippen MR) is 101 cm³/mol. The molecule has 3 rings (SSSR count). The Morgan fingerprint density at radius 3 is 2.64 bits per heavy atom. The SMILES string of the molecule is Cc1ccc(S(=O)(=O)Nc2sc3c(c2C(N)=O)CCC(C)C3)cc1C. The lowest BCUT2D eigenvalue weighted by Crippen LogP contribution is -2.19. The van der Waals surface area contributed by atoms with Crippen LogP contribution in [-0.4, -0.2) is 14.3 Å². The van der Waals surface area contributed by atoms with Crippen molar-refractivity contribution in [1.82, 2.24) is 0 Å². The van der Waals surface area contributed by atoms with E-state index in [1.165, 1.54) is 11.3 Å². The van der Waals surface area contributed by atoms with Gasteiger partial charge in [-0.15, -0.1) is 11.3 Å². The van der Waals surface area contributed by atoms with Crippen LogP contribution >= 0.6 is 11.3 Å². The molecule has 3 N–H and O–H groups in total. The molecule has 1 atom stereocenters. The molecule has 7 heteroatoms. The van der Waals surface area contributed by atoms with Gasteiger partial charge in [0.05, 0.1) is 10.5 Å². The van der Waals surface area contributed by atoms with E-state index in [0.29, 0.717) is 16.5 Å². The van der Waals surface area contributed by atoms with Crippen molar-refractivity contribution in [2.75, 3.05) is 4.72 Å². The van der Waals surface area contributed by atoms with Gasteiger partial charge in [0.1, 0.15) is 5.00 Å². The van der Waals surface area contributed by atoms with E-state index in [9.17, 15) is 13.2 Å². The summed E-state index contributed by atoms with van der Waals surface area (Å²) in [5, 5.41) is 0.338. The molecule has 0 spiro atoms. The zero-order chi connectivity index (χ0) is 18.4. The minimum Gasteiger partial charge on any atom is -0.365 e. The van der Waals surface area contributed by atoms with Crippen LogP contribution in [0.2, 0.25) is 0 Å². The van der Waals surface area contributed by atoms with Gasteiger partial charge in [0.15, 0.2) is 0 Å². The number of hydrogen-bond donors (Lipinski definition) is 2. The zero-order valence-corrected chi connectivity index (χ0v) is 16.2. The normalized spacial score (nSPS) is 17.2. The molecule has 1 aromatic heterocycles. The van der Waals surface area contributed by atoms with Crippen molar-refractivity contribution >= 4 is 32.3 Å². The number of amides is 1. The highest BCUT2D eigenvalue weighted by molar-refractivity contribution is 7.93. The first-order valence-electron chi connectivity index (χ1n) is 8.23. The number of carbonyl (C=O) groups excluding carboxylic acids is 1. The standard InChI is InChI=1S/C18H22N2O3S2/c1-10-4-7-14-15(8-10)24-18(16(14)17(19)21)20-25(22,23)13-6-5-11(2)12(3)9-13/h5-6,9-10,20H,4,7-8H2,1-3H3,(H2,19,21). The minimum absolute atomic E-state index is 0.186. The highest BCUT2D eigenvalue weighted by atomic mass is 32.2. The first-order valence-corrected chi connectivity index (χ1v) is 10.5. The number of aryl methyl sites for hydroxylation is 2. The molecule has 1 amide bonds. The van der Waals surface area contributed by atoms with E-state index in [1.54, 1.807) is 18.2 Å². The largest absolute Gasteiger partial charge is 0.365 e. The van der Waals surface area contributed by atoms with Crippen molar-refractivity contribution in [3.05, 3.63) is 45.3 Å². The number of primary amides is 1. The van der Waals surface area contributed by atoms with Gasteiger partial charge in [0.2, 0.25) is 0 Å². The maximum absolute atomic E-state index is 12.8. The number of hydrogen-bond acceptors (Lipinski definition) is 4. The topological polar surface area (TPSA) is 89.3 Å². The van der Waals surface area contributed by atoms with E-state index in [1.807, 2.05) is 13.8 Å². The Balaban J connectivity index is 2.02. The van der Waals surface area contributed by atoms with Crippen molar-refractivity contribution < 1.29 is 13.2 Å². The number of nitrogens with two attached hydrogens (primary N) is 1. The number of benzene rings is 1. The molecule has 1 aromatic carbocycles. The zero-order valence-electron chi connectivity index (χ0n) is 14.5. The van der Waals surface area contributed by atoms with Crippen LogP contribution in [-0.2, 0) is 22.9 Å². The number of rotatable bonds is 4. The second-order valence-corrected chi connectivity index (χ2v) is 9.56. The molecule has 0 fully saturated rings. The Morgan fingerprint density at radius 1 is 1.28 bits per heavy atom. The molecular formula is C18H22N2O3S2. The van der Waals surface area contributed by atoms with Gasteiger partial charge in [0.25, 0.3) is 15.9 Å². The molecule has 2 aromatic rings. The number of anilines is 1. The van der Waals surface area contributed by atoms with Crippen molar-refractivity contribution in [3.8, 4) is 0 Å². The minimum atomic E-state index is -3.77. The molecule has 0 radical (unpaired) electrons. The highest BCUT2D eigenvalue weighted by Crippen LogP contribution is 2.40. The van der Waals surface area contributed by atoms with Gasteiger partial charge in [-0.25, -0.2) is 8.42 Å². The summed E-state index contributed by atoms with van der Waals surface area (Å²) >= 11 is 1.33. The third-order valence-electron chi connectivity index (χ3n) is 4.77. The molecule has 0 bridgehead atoms. The number of thiophene rings is 1. The predicted octanol–water partition coefficient (Wildman–Crippen LogP) is 3.39. The Labute approximate surface area is 152 Å². The van der Waals surface area contributed by atoms with E-state index in [0.717, 1.165) is 40.8 Å². The molecule has 5 nitrogen and oxygen atoms in total. The fraction of sp³-hybridized carbons (Fsp3) is 0.389. The van der Waals surface area contributed by atoms with Crippen LogP contribution in [0.25, 0.3) is 0 Å². The number of carbonyl (C=O) groups is 1. The van der Waals surface area contributed by atoms with Crippen LogP contribution in [0.5, 0.6) is 0 Å². The Hall–Kier alpha value is -1.86. The second-order valence-electron chi connectivity index (χ2n) is 6.77. The maximum Gasteiger partial charge on any atom is 0.262 e. The van der Waals surface area contributed by atoms with E-state index < -0.39 is 15.9 Å². The lowest BCUT2D eigenvalue weighted by Gasteiger charge is -2.18. The monoisotopic (exact) mass is 378 g/mol. The van der Waals surface area contributed by atoms with E-state index >= 15 is 0 Å². The summed E-state index contributed by atoms with van der Waals surface area (Å²) in [6, 6.07) is 4.99. The molecule has 1 aliphatic rings. The Morgan fingerprint density at radius 2 is 2.00 bits per heavy atom. The van der Waals surface area contributed by atoms with Crippen LogP contribution in [0.4, 0.5) is 5.00 Å². The summed E-state index contributed by atoms with van der Waals surface area (Å²) in [6.07, 6.45) is 2.59. The lowest BCUT2D eigenvalue weighted by atomic mass is 9.88. The van der Waals surface area contributed by atoms with Crippen LogP contribution < -0.4 is 10.5 Å². The Bertz CT molecular complexity index is 945. The second kappa shape index (κ2) is 6.46. The van der Waals surface area contributed by atoms with Crippen molar-refractivity contribution in [2.45, 2.75) is 44.9 Å². The van der Waals surface area contributed by atoms with Gasteiger partial charge < -0.3 is 5.73 Å². The molecule has 1 heterocycles. The van der Waals surface area contributed by atoms with Crippen LogP contribution in [0.3, 0.4) is 0 Å². The molecule has 0 aliphatic heterocycles. The summed E-state index contributed by atoms with van der Waals surface area (Å²) in [6.45, 7) is 5.96. The van der Waals surface area contributed by atoms with Gasteiger partial charge in [-0.2, -0.15) is 0 Å². The fourth-order valence-electron chi connectivity index (χ4n) is 3.15. The molecular weight excluding hydrogens is 356 g/mol. The van der Waals surface area contributed by atoms with Gasteiger partial charge in [-0.3, -0.25) is 9.52 Å². The Kier molecular flexibility index (Phi) is 4.64. The molecule has 1 unspecified atom stereocenters. The van der Waals surface area contributed by atoms with Crippen molar-refractivity contribution in [3.63, 3.8) is 0 Å². The van der Waals surface area contributed by atoms with Gasteiger partial charge in [-0.05, 0) is 67.9 Å². The van der Waals surface area contributed by atoms with Crippen LogP contribution in [0, 0.1) is 19.8 Å². The van der Waals surface area contributed by atoms with E-state index in [4.69, 9.17) is 5.73 Å². The fourth-order valence-corrected chi connectivity index (χ4v) is 5.95. The third-order valence-corrected chi connectivity index (χ3v) is 7.42. The van der Waals surface area contributed by atoms with E-state index in [-0.39, 0.29) is 4.90 Å². The first kappa shape index (κ1) is 17.9. The van der Waals surface area contributed by atoms with Gasteiger partial charge in [0, 0.05) is 4.88 Å². The van der Waals surface area contributed by atoms with Crippen molar-refractivity contribution in [2.24, 2.45) is 11.7 Å². The number of nitrogens with one attached hydrogen (secondary N) is 1. The summed E-state index contributed by atoms with van der Waals surface area (Å²) in [5.74, 6) is -0.0547. The molecule has 25 heavy (non-hydrogen) atoms. The lowest BCUT2D eigenvalue weighted by molar-refractivity contribution is 0.100. The summed E-state index contributed by atoms with van der Waals surface area (Å²) in [5.41, 5.74) is 8.72. The average Bonchev–Trinajstić information content (AvgIpc) is 2.85. The van der Waals surface area contributed by atoms with Crippen LogP contribution in [0.15, 0.2) is 23.1 Å². The average molecular weight is 379 g/mol. The van der Waals surface area contributed by atoms with Crippen LogP contribution in [0.1, 0.15) is 45.3 Å². The quantitative estimate of drug-likeness (QED) is 0.854. The number of fused-ring (bicyclic) bond motifs is 1. The highest BCUT2D eigenvalue weighted by Gasteiger charge is 2.28. The smallest absolute Gasteiger partial charge is 0.262 e. The third kappa shape index (κ3) is 3.43. The maximum atomic E-state index is 12.8. The molecule has 1 aliphatic carbocycles.